The average Bonchev–Trinajstić information content (AvgIpc) is 1.62. The number of aliphatic carboxylic acids is 2. The van der Waals surface area contributed by atoms with Crippen molar-refractivity contribution in [3.8, 4) is 5.75 Å². The molecule has 15 amide bonds. The van der Waals surface area contributed by atoms with E-state index in [0.717, 1.165) is 33.9 Å². The number of epoxide rings is 1. The number of ether oxygens (including phenoxy) is 1. The number of urea groups is 1. The van der Waals surface area contributed by atoms with Gasteiger partial charge in [-0.25, -0.2) is 22.4 Å². The number of unbranched alkanes of at least 4 members (excludes halogenated alkanes) is 3. The lowest BCUT2D eigenvalue weighted by atomic mass is 9.98. The van der Waals surface area contributed by atoms with Gasteiger partial charge >= 0.3 is 18.0 Å². The van der Waals surface area contributed by atoms with Crippen LogP contribution in [0.25, 0.3) is 10.9 Å². The molecular weight excluding hydrogens is 1810 g/mol. The highest BCUT2D eigenvalue weighted by Gasteiger charge is 2.53. The summed E-state index contributed by atoms with van der Waals surface area (Å²) in [7, 11) is 3.69. The monoisotopic (exact) mass is 1930 g/mol. The largest absolute Gasteiger partial charge is 0.508 e. The van der Waals surface area contributed by atoms with Crippen molar-refractivity contribution in [2.45, 2.75) is 242 Å². The summed E-state index contributed by atoms with van der Waals surface area (Å²) in [5.41, 5.74) is 7.31. The third-order valence-electron chi connectivity index (χ3n) is 24.3. The van der Waals surface area contributed by atoms with Crippen molar-refractivity contribution in [2.75, 3.05) is 52.3 Å². The van der Waals surface area contributed by atoms with Crippen LogP contribution in [0, 0.1) is 35.1 Å². The SMILES string of the molecule is CCCCCN1C(=O)N[C@@H](Cc2c[nH]c3ccccc23)C(=O)N[C@@H](Cc2ccc(O)cc2)C(=O)N[C@@H](CC(C)C)C(=O)N[C@H](C(=O)NCC(N)=O)CSCC(=O)N[C@@H](Cc2cc(F)c(F)c(F)c2)C(=O)N(C)C(Cc2ccc(F)cc2)C(=O)N(C)[C@@H](CCCC)C(=O)N2CCC[C@@H]2C(=O)N[C@@H](CCC(=O)O)C(=O)N[C@@H](C(C)C)C(=O)N(C)C(Cc2ccccc2)C(=O)N[C@@H](CCC(=O)O)C2OC21. The van der Waals surface area contributed by atoms with Gasteiger partial charge in [0.1, 0.15) is 84.1 Å². The molecule has 0 spiro atoms. The van der Waals surface area contributed by atoms with Crippen molar-refractivity contribution in [2.24, 2.45) is 17.6 Å². The van der Waals surface area contributed by atoms with Crippen LogP contribution in [-0.2, 0) is 109 Å². The summed E-state index contributed by atoms with van der Waals surface area (Å²) in [5.74, 6) is -24.1. The van der Waals surface area contributed by atoms with E-state index in [0.29, 0.717) is 77.2 Å². The number of carbonyl (C=O) groups excluding carboxylic acids is 14. The Morgan fingerprint density at radius 3 is 1.77 bits per heavy atom. The summed E-state index contributed by atoms with van der Waals surface area (Å²) in [6.45, 7) is 9.30. The first-order valence-corrected chi connectivity index (χ1v) is 47.1. The zero-order valence-electron chi connectivity index (χ0n) is 78.1. The first kappa shape index (κ1) is 107. The number of thioether (sulfide) groups is 1. The fourth-order valence-corrected chi connectivity index (χ4v) is 17.6. The Bertz CT molecular complexity index is 5250. The highest BCUT2D eigenvalue weighted by Crippen LogP contribution is 2.34. The molecule has 15 N–H and O–H groups in total. The number of amides is 15. The molecule has 3 aliphatic heterocycles. The number of rotatable bonds is 29. The van der Waals surface area contributed by atoms with Gasteiger partial charge in [0.15, 0.2) is 23.7 Å². The van der Waals surface area contributed by atoms with Crippen molar-refractivity contribution in [3.05, 3.63) is 173 Å². The van der Waals surface area contributed by atoms with Crippen molar-refractivity contribution in [3.63, 3.8) is 0 Å². The van der Waals surface area contributed by atoms with Gasteiger partial charge in [0.05, 0.1) is 18.3 Å². The number of nitrogens with two attached hydrogens (primary N) is 1. The predicted molar refractivity (Wildman–Crippen MR) is 496 cm³/mol. The van der Waals surface area contributed by atoms with Crippen molar-refractivity contribution >= 4 is 117 Å². The summed E-state index contributed by atoms with van der Waals surface area (Å²) in [5, 5.41) is 55.5. The summed E-state index contributed by atoms with van der Waals surface area (Å²) in [6.07, 6.45) is -2.93. The number of benzene rings is 5. The third kappa shape index (κ3) is 30.9. The minimum Gasteiger partial charge on any atom is -0.508 e. The van der Waals surface area contributed by atoms with Gasteiger partial charge in [0.25, 0.3) is 0 Å². The van der Waals surface area contributed by atoms with Crippen LogP contribution in [-0.4, -0.2) is 277 Å². The molecule has 4 heterocycles. The number of phenolic OH excluding ortho intramolecular Hbond substituents is 1. The topological polar surface area (TPSA) is 513 Å². The second kappa shape index (κ2) is 51.1. The van der Waals surface area contributed by atoms with Crippen LogP contribution in [0.2, 0.25) is 0 Å². The maximum Gasteiger partial charge on any atom is 0.320 e. The van der Waals surface area contributed by atoms with Gasteiger partial charge < -0.3 is 98.2 Å². The highest BCUT2D eigenvalue weighted by atomic mass is 32.2. The van der Waals surface area contributed by atoms with Gasteiger partial charge in [-0.1, -0.05) is 140 Å². The molecule has 14 atom stereocenters. The normalized spacial score (nSPS) is 23.6. The molecule has 742 valence electrons. The molecule has 3 saturated heterocycles. The van der Waals surface area contributed by atoms with E-state index in [1.807, 2.05) is 6.92 Å². The van der Waals surface area contributed by atoms with Gasteiger partial charge in [-0.05, 0) is 127 Å². The zero-order valence-corrected chi connectivity index (χ0v) is 78.9. The maximum absolute atomic E-state index is 15.7. The summed E-state index contributed by atoms with van der Waals surface area (Å²) < 4.78 is 66.3. The molecule has 6 aromatic rings. The number of halogens is 4. The van der Waals surface area contributed by atoms with Crippen molar-refractivity contribution < 1.29 is 114 Å². The van der Waals surface area contributed by atoms with Crippen LogP contribution in [0.1, 0.15) is 153 Å². The fraction of sp³-hybridized carbons (Fsp3) is 0.500. The number of para-hydroxylation sites is 1. The smallest absolute Gasteiger partial charge is 0.320 e. The second-order valence-corrected chi connectivity index (χ2v) is 36.6. The third-order valence-corrected chi connectivity index (χ3v) is 25.4. The summed E-state index contributed by atoms with van der Waals surface area (Å²) >= 11 is 0.652. The Hall–Kier alpha value is -13.2. The number of carbonyl (C=O) groups is 16. The van der Waals surface area contributed by atoms with E-state index in [1.54, 1.807) is 95.4 Å². The van der Waals surface area contributed by atoms with Gasteiger partial charge in [-0.15, -0.1) is 11.8 Å². The van der Waals surface area contributed by atoms with Crippen LogP contribution >= 0.6 is 11.8 Å². The van der Waals surface area contributed by atoms with Crippen LogP contribution in [0.3, 0.4) is 0 Å². The van der Waals surface area contributed by atoms with Crippen LogP contribution < -0.4 is 53.6 Å². The number of hydrogen-bond acceptors (Lipinski definition) is 19. The molecule has 9 rings (SSSR count). The standard InChI is InChI=1S/C96H124F4N16O20S/c1-10-12-19-39-116-95-83(136-95)66(35-37-79(120)121)105-90(130)75(46-55-21-15-14-16-22-55)113(8)94(134)82(54(5)6)111-85(125)67(36-38-80(122)123)106-89(129)73-26-20-40-115(73)93(133)74(25-13-11-2)112(7)92(132)76(47-57-27-31-60(97)32-28-57)114(9)91(131)71(45-58-42-63(98)81(100)64(99)43-58)104-78(119)52-137-51-72(84(124)103-50-77(101)118)109-86(126)68(41-53(3)4)107-87(127)69(44-56-29-33-61(117)34-30-56)108-88(128)70(110-96(116)135)48-59-49-102-65-24-18-17-23-62(59)65/h14-18,21-24,27-34,42-43,49,53-54,66-76,82-83,95,102,117H,10-13,19-20,25-26,35-41,44-48,50-52H2,1-9H3,(H2,101,118)(H,103,124)(H,104,119)(H,105,130)(H,106,129)(H,107,127)(H,108,128)(H,109,126)(H,110,135)(H,111,125)(H,120,121)(H,122,123)/t66-,67-,68-,69-,70-,71-,72-,73+,74-,75?,76?,82-,83?,95?/m0/s1. The fourth-order valence-electron chi connectivity index (χ4n) is 16.7. The average molecular weight is 1930 g/mol. The number of nitrogens with zero attached hydrogens (tertiary/aromatic N) is 5. The molecule has 0 saturated carbocycles. The molecule has 36 nitrogen and oxygen atoms in total. The maximum atomic E-state index is 15.7. The van der Waals surface area contributed by atoms with E-state index in [9.17, 15) is 48.1 Å². The quantitative estimate of drug-likeness (QED) is 0.0126. The number of hydrogen-bond donors (Lipinski definition) is 14. The van der Waals surface area contributed by atoms with Crippen molar-refractivity contribution in [1.82, 2.24) is 77.3 Å². The minimum atomic E-state index is -1.93. The molecule has 0 bridgehead atoms. The molecule has 137 heavy (non-hydrogen) atoms. The highest BCUT2D eigenvalue weighted by molar-refractivity contribution is 8.00. The molecular formula is C96H124F4N16O20S. The Labute approximate surface area is 795 Å². The van der Waals surface area contributed by atoms with E-state index in [1.165, 1.54) is 60.3 Å². The number of aromatic amines is 1. The number of aromatic nitrogens is 1. The molecule has 3 fully saturated rings. The lowest BCUT2D eigenvalue weighted by Gasteiger charge is -2.38. The summed E-state index contributed by atoms with van der Waals surface area (Å²) in [4.78, 5) is 244. The van der Waals surface area contributed by atoms with Gasteiger partial charge in [-0.2, -0.15) is 0 Å². The van der Waals surface area contributed by atoms with E-state index in [-0.39, 0.29) is 82.2 Å². The Balaban J connectivity index is 1.15. The van der Waals surface area contributed by atoms with Crippen LogP contribution in [0.5, 0.6) is 5.75 Å². The van der Waals surface area contributed by atoms with Crippen LogP contribution in [0.4, 0.5) is 22.4 Å². The first-order chi connectivity index (χ1) is 65.1. The molecule has 0 aliphatic carbocycles. The number of carboxylic acid groups (broad SMARTS) is 2. The lowest BCUT2D eigenvalue weighted by molar-refractivity contribution is -0.152. The zero-order chi connectivity index (χ0) is 100. The molecule has 41 heteroatoms. The first-order valence-electron chi connectivity index (χ1n) is 45.9. The van der Waals surface area contributed by atoms with E-state index in [4.69, 9.17) is 10.5 Å². The van der Waals surface area contributed by atoms with Gasteiger partial charge in [0, 0.05) is 102 Å². The van der Waals surface area contributed by atoms with Crippen molar-refractivity contribution in [1.29, 1.82) is 0 Å². The van der Waals surface area contributed by atoms with Gasteiger partial charge in [0.2, 0.25) is 76.8 Å². The van der Waals surface area contributed by atoms with E-state index in [2.05, 4.69) is 52.8 Å². The number of primary amides is 1. The molecule has 1 aromatic heterocycles. The Kier molecular flexibility index (Phi) is 40.1. The van der Waals surface area contributed by atoms with E-state index >= 15 is 61.5 Å². The lowest BCUT2D eigenvalue weighted by Crippen LogP contribution is -2.61. The number of aromatic hydroxyl groups is 1. The molecule has 3 aliphatic rings. The Morgan fingerprint density at radius 2 is 1.12 bits per heavy atom. The molecule has 0 radical (unpaired) electrons. The predicted octanol–water partition coefficient (Wildman–Crippen LogP) is 5.07. The Morgan fingerprint density at radius 1 is 0.555 bits per heavy atom. The molecule has 5 aromatic carbocycles. The number of phenols is 1. The number of nitrogens with one attached hydrogen (secondary N) is 10. The summed E-state index contributed by atoms with van der Waals surface area (Å²) in [6, 6.07) is 6.97. The molecule has 4 unspecified atom stereocenters. The number of fused-ring (bicyclic) bond motifs is 3. The minimum absolute atomic E-state index is 0.0384. The number of likely N-dealkylation sites (N-methyl/N-ethyl adjacent to an activating group) is 3. The van der Waals surface area contributed by atoms with Gasteiger partial charge in [-0.3, -0.25) is 76.8 Å². The number of carboxylic acids is 2. The second-order valence-electron chi connectivity index (χ2n) is 35.6. The van der Waals surface area contributed by atoms with Crippen LogP contribution in [0.15, 0.2) is 121 Å². The van der Waals surface area contributed by atoms with E-state index < -0.39 is 270 Å². The number of H-pyrrole nitrogens is 1.